The number of likely N-dealkylation sites (tertiary alicyclic amines) is 1. The van der Waals surface area contributed by atoms with Crippen molar-refractivity contribution in [2.45, 2.75) is 32.2 Å². The number of benzene rings is 3. The van der Waals surface area contributed by atoms with Gasteiger partial charge >= 0.3 is 0 Å². The molecule has 4 amide bonds. The molecule has 3 aromatic carbocycles. The highest BCUT2D eigenvalue weighted by Crippen LogP contribution is 2.64. The van der Waals surface area contributed by atoms with E-state index in [1.54, 1.807) is 19.1 Å². The molecule has 0 spiro atoms. The lowest BCUT2D eigenvalue weighted by Gasteiger charge is -2.49. The average molecular weight is 659 g/mol. The summed E-state index contributed by atoms with van der Waals surface area (Å²) < 4.78 is 25.1. The van der Waals surface area contributed by atoms with E-state index < -0.39 is 52.6 Å². The average Bonchev–Trinajstić information content (AvgIpc) is 3.42. The highest BCUT2D eigenvalue weighted by atomic mass is 35.5. The number of phenolic OH excluding ortho intramolecular Hbond substituents is 1. The molecular formula is C36H32ClFN2O7. The Morgan fingerprint density at radius 1 is 0.936 bits per heavy atom. The zero-order valence-corrected chi connectivity index (χ0v) is 26.7. The van der Waals surface area contributed by atoms with Crippen molar-refractivity contribution in [2.24, 2.45) is 29.1 Å². The van der Waals surface area contributed by atoms with Crippen LogP contribution in [0.1, 0.15) is 36.8 Å². The van der Waals surface area contributed by atoms with E-state index in [1.807, 2.05) is 36.4 Å². The first-order chi connectivity index (χ1) is 22.5. The highest BCUT2D eigenvalue weighted by Gasteiger charge is 2.67. The number of carbonyl (C=O) groups excluding carboxylic acids is 4. The predicted octanol–water partition coefficient (Wildman–Crippen LogP) is 5.63. The minimum Gasteiger partial charge on any atom is -0.502 e. The largest absolute Gasteiger partial charge is 0.502 e. The summed E-state index contributed by atoms with van der Waals surface area (Å²) in [6, 6.07) is 16.2. The number of fused-ring (bicyclic) bond motifs is 4. The van der Waals surface area contributed by atoms with Crippen molar-refractivity contribution in [3.63, 3.8) is 0 Å². The van der Waals surface area contributed by atoms with Gasteiger partial charge in [-0.05, 0) is 67.1 Å². The zero-order valence-electron chi connectivity index (χ0n) is 25.9. The molecule has 1 saturated carbocycles. The number of methoxy groups -OCH3 is 2. The van der Waals surface area contributed by atoms with Crippen LogP contribution in [0.2, 0.25) is 5.02 Å². The van der Waals surface area contributed by atoms with Gasteiger partial charge in [-0.3, -0.25) is 24.1 Å². The van der Waals surface area contributed by atoms with Crippen LogP contribution in [0.25, 0.3) is 0 Å². The molecule has 2 heterocycles. The predicted molar refractivity (Wildman–Crippen MR) is 169 cm³/mol. The van der Waals surface area contributed by atoms with Crippen LogP contribution >= 0.6 is 11.6 Å². The maximum absolute atomic E-state index is 14.6. The Kier molecular flexibility index (Phi) is 7.39. The number of carbonyl (C=O) groups is 4. The first-order valence-corrected chi connectivity index (χ1v) is 15.8. The van der Waals surface area contributed by atoms with Crippen molar-refractivity contribution in [1.29, 1.82) is 0 Å². The third-order valence-corrected chi connectivity index (χ3v) is 10.8. The summed E-state index contributed by atoms with van der Waals surface area (Å²) in [4.78, 5) is 59.2. The Morgan fingerprint density at radius 2 is 1.62 bits per heavy atom. The van der Waals surface area contributed by atoms with Crippen LogP contribution in [0.15, 0.2) is 72.3 Å². The van der Waals surface area contributed by atoms with Crippen LogP contribution in [-0.2, 0) is 25.7 Å². The minimum atomic E-state index is -1.37. The van der Waals surface area contributed by atoms with Crippen LogP contribution in [-0.4, -0.2) is 47.9 Å². The number of allylic oxidation sites excluding steroid dienone is 2. The lowest BCUT2D eigenvalue weighted by Crippen LogP contribution is -2.48. The van der Waals surface area contributed by atoms with Gasteiger partial charge in [0.25, 0.3) is 0 Å². The maximum Gasteiger partial charge on any atom is 0.241 e. The van der Waals surface area contributed by atoms with Gasteiger partial charge in [-0.2, -0.15) is 0 Å². The van der Waals surface area contributed by atoms with Crippen molar-refractivity contribution in [3.8, 4) is 17.2 Å². The van der Waals surface area contributed by atoms with E-state index in [9.17, 15) is 28.7 Å². The monoisotopic (exact) mass is 658 g/mol. The van der Waals surface area contributed by atoms with E-state index in [0.717, 1.165) is 22.1 Å². The molecule has 0 radical (unpaired) electrons. The van der Waals surface area contributed by atoms with E-state index in [2.05, 4.69) is 0 Å². The SMILES string of the molecule is COc1cc(C2C3=CCC4C(=O)N(Cc5ccccc5)C(=O)C4C3CC3C(=O)N(c4ccc(F)c(Cl)c4)C(=O)C32C)cc(OC)c1O. The molecule has 2 saturated heterocycles. The van der Waals surface area contributed by atoms with Gasteiger partial charge < -0.3 is 14.6 Å². The van der Waals surface area contributed by atoms with E-state index in [4.69, 9.17) is 21.1 Å². The summed E-state index contributed by atoms with van der Waals surface area (Å²) in [5.74, 6) is -5.80. The molecule has 2 aliphatic heterocycles. The number of imide groups is 2. The summed E-state index contributed by atoms with van der Waals surface area (Å²) >= 11 is 6.08. The van der Waals surface area contributed by atoms with Crippen molar-refractivity contribution in [3.05, 3.63) is 94.3 Å². The summed E-state index contributed by atoms with van der Waals surface area (Å²) in [6.07, 6.45) is 2.38. The van der Waals surface area contributed by atoms with E-state index in [1.165, 1.54) is 31.3 Å². The smallest absolute Gasteiger partial charge is 0.241 e. The van der Waals surface area contributed by atoms with Crippen molar-refractivity contribution >= 4 is 40.9 Å². The molecule has 9 nitrogen and oxygen atoms in total. The molecule has 11 heteroatoms. The molecule has 242 valence electrons. The van der Waals surface area contributed by atoms with Gasteiger partial charge in [0.1, 0.15) is 5.82 Å². The molecule has 6 unspecified atom stereocenters. The Bertz CT molecular complexity index is 1850. The van der Waals surface area contributed by atoms with Gasteiger partial charge in [0.15, 0.2) is 11.5 Å². The van der Waals surface area contributed by atoms with Crippen LogP contribution in [0, 0.1) is 34.9 Å². The minimum absolute atomic E-state index is 0.107. The van der Waals surface area contributed by atoms with Crippen molar-refractivity contribution in [1.82, 2.24) is 4.90 Å². The quantitative estimate of drug-likeness (QED) is 0.270. The number of ether oxygens (including phenoxy) is 2. The highest BCUT2D eigenvalue weighted by molar-refractivity contribution is 6.31. The second-order valence-electron chi connectivity index (χ2n) is 12.8. The molecule has 4 aliphatic rings. The molecule has 0 aromatic heterocycles. The van der Waals surface area contributed by atoms with Crippen molar-refractivity contribution < 1.29 is 38.1 Å². The van der Waals surface area contributed by atoms with Crippen molar-refractivity contribution in [2.75, 3.05) is 19.1 Å². The number of anilines is 1. The van der Waals surface area contributed by atoms with Gasteiger partial charge in [-0.1, -0.05) is 53.6 Å². The van der Waals surface area contributed by atoms with E-state index in [-0.39, 0.29) is 59.2 Å². The number of rotatable bonds is 6. The number of aromatic hydroxyl groups is 1. The molecule has 2 aliphatic carbocycles. The van der Waals surface area contributed by atoms with Gasteiger partial charge in [-0.25, -0.2) is 9.29 Å². The molecule has 0 bridgehead atoms. The zero-order chi connectivity index (χ0) is 33.4. The first kappa shape index (κ1) is 30.9. The van der Waals surface area contributed by atoms with Crippen LogP contribution in [0.4, 0.5) is 10.1 Å². The summed E-state index contributed by atoms with van der Waals surface area (Å²) in [5.41, 5.74) is 0.899. The lowest BCUT2D eigenvalue weighted by molar-refractivity contribution is -0.141. The van der Waals surface area contributed by atoms with E-state index in [0.29, 0.717) is 5.56 Å². The first-order valence-electron chi connectivity index (χ1n) is 15.4. The number of hydrogen-bond donors (Lipinski definition) is 1. The second-order valence-corrected chi connectivity index (χ2v) is 13.2. The number of halogens is 2. The number of hydrogen-bond acceptors (Lipinski definition) is 7. The number of nitrogens with zero attached hydrogens (tertiary/aromatic N) is 2. The van der Waals surface area contributed by atoms with Crippen LogP contribution < -0.4 is 14.4 Å². The normalized spacial score (nSPS) is 28.2. The number of amides is 4. The second kappa shape index (κ2) is 11.2. The Hall–Kier alpha value is -4.70. The van der Waals surface area contributed by atoms with Crippen LogP contribution in [0.3, 0.4) is 0 Å². The summed E-state index contributed by atoms with van der Waals surface area (Å²) in [7, 11) is 2.79. The molecular weight excluding hydrogens is 627 g/mol. The fourth-order valence-corrected chi connectivity index (χ4v) is 8.51. The van der Waals surface area contributed by atoms with Gasteiger partial charge in [-0.15, -0.1) is 0 Å². The molecule has 6 atom stereocenters. The van der Waals surface area contributed by atoms with E-state index >= 15 is 0 Å². The molecule has 47 heavy (non-hydrogen) atoms. The lowest BCUT2D eigenvalue weighted by atomic mass is 9.51. The topological polar surface area (TPSA) is 113 Å². The van der Waals surface area contributed by atoms with Gasteiger partial charge in [0.05, 0.1) is 54.6 Å². The summed E-state index contributed by atoms with van der Waals surface area (Å²) in [6.45, 7) is 1.87. The Morgan fingerprint density at radius 3 is 2.26 bits per heavy atom. The third-order valence-electron chi connectivity index (χ3n) is 10.5. The Balaban J connectivity index is 1.37. The Labute approximate surface area is 275 Å². The van der Waals surface area contributed by atoms with Gasteiger partial charge in [0.2, 0.25) is 29.4 Å². The third kappa shape index (κ3) is 4.48. The molecule has 1 N–H and O–H groups in total. The standard InChI is InChI=1S/C36H32ClFN2O7/c1-36-24(33(43)40(35(36)45)20-9-12-26(38)25(37)15-20)16-23-21(30(36)19-13-27(46-2)31(41)28(14-19)47-3)10-11-22-29(23)34(44)39(32(22)42)17-18-7-5-4-6-8-18/h4-10,12-15,22-24,29-30,41H,11,16-17H2,1-3H3. The number of phenols is 1. The molecule has 7 rings (SSSR count). The van der Waals surface area contributed by atoms with Crippen LogP contribution in [0.5, 0.6) is 17.2 Å². The summed E-state index contributed by atoms with van der Waals surface area (Å²) in [5, 5.41) is 10.5. The fourth-order valence-electron chi connectivity index (χ4n) is 8.33. The fraction of sp³-hybridized carbons (Fsp3) is 0.333. The molecule has 3 aromatic rings. The van der Waals surface area contributed by atoms with Gasteiger partial charge in [0, 0.05) is 5.92 Å². The molecule has 3 fully saturated rings. The maximum atomic E-state index is 14.6.